The highest BCUT2D eigenvalue weighted by molar-refractivity contribution is 5.22. The first-order valence-electron chi connectivity index (χ1n) is 9.32. The van der Waals surface area contributed by atoms with Crippen molar-refractivity contribution in [3.63, 3.8) is 0 Å². The predicted octanol–water partition coefficient (Wildman–Crippen LogP) is 5.57. The zero-order chi connectivity index (χ0) is 16.5. The van der Waals surface area contributed by atoms with Gasteiger partial charge in [0.15, 0.2) is 0 Å². The summed E-state index contributed by atoms with van der Waals surface area (Å²) in [6.45, 7) is 17.2. The van der Waals surface area contributed by atoms with Gasteiger partial charge in [0.25, 0.3) is 0 Å². The van der Waals surface area contributed by atoms with Crippen LogP contribution in [-0.4, -0.2) is 24.5 Å². The van der Waals surface area contributed by atoms with Crippen molar-refractivity contribution in [2.24, 2.45) is 17.8 Å². The molecule has 0 spiro atoms. The van der Waals surface area contributed by atoms with Crippen molar-refractivity contribution < 1.29 is 0 Å². The molecule has 1 aliphatic heterocycles. The molecule has 1 aromatic rings. The van der Waals surface area contributed by atoms with Crippen LogP contribution in [0.1, 0.15) is 58.6 Å². The van der Waals surface area contributed by atoms with Gasteiger partial charge >= 0.3 is 0 Å². The Balaban J connectivity index is 0.00000116. The quantitative estimate of drug-likeness (QED) is 0.687. The molecule has 1 atom stereocenters. The predicted molar refractivity (Wildman–Crippen MR) is 99.4 cm³/mol. The fourth-order valence-corrected chi connectivity index (χ4v) is 3.55. The van der Waals surface area contributed by atoms with Crippen LogP contribution in [0.15, 0.2) is 24.3 Å². The van der Waals surface area contributed by atoms with Gasteiger partial charge in [-0.2, -0.15) is 0 Å². The summed E-state index contributed by atoms with van der Waals surface area (Å²) in [4.78, 5) is 2.68. The third-order valence-electron chi connectivity index (χ3n) is 4.81. The molecule has 0 saturated carbocycles. The van der Waals surface area contributed by atoms with Crippen molar-refractivity contribution in [1.82, 2.24) is 4.90 Å². The second kappa shape index (κ2) is 10.0. The summed E-state index contributed by atoms with van der Waals surface area (Å²) in [5, 5.41) is 0. The SMILES string of the molecule is CC.Cc1cccc(CC(C)CN2CCC(C(C)C)CC2)c1. The topological polar surface area (TPSA) is 3.24 Å². The molecule has 0 aromatic heterocycles. The zero-order valence-corrected chi connectivity index (χ0v) is 15.7. The Morgan fingerprint density at radius 1 is 1.09 bits per heavy atom. The van der Waals surface area contributed by atoms with E-state index in [2.05, 4.69) is 56.9 Å². The largest absolute Gasteiger partial charge is 0.303 e. The van der Waals surface area contributed by atoms with Gasteiger partial charge in [-0.3, -0.25) is 0 Å². The monoisotopic (exact) mass is 303 g/mol. The van der Waals surface area contributed by atoms with Gasteiger partial charge in [0.2, 0.25) is 0 Å². The van der Waals surface area contributed by atoms with Gasteiger partial charge in [0, 0.05) is 6.54 Å². The summed E-state index contributed by atoms with van der Waals surface area (Å²) in [5.41, 5.74) is 2.88. The van der Waals surface area contributed by atoms with E-state index in [1.807, 2.05) is 13.8 Å². The summed E-state index contributed by atoms with van der Waals surface area (Å²) < 4.78 is 0. The van der Waals surface area contributed by atoms with E-state index in [4.69, 9.17) is 0 Å². The van der Waals surface area contributed by atoms with Gasteiger partial charge in [-0.25, -0.2) is 0 Å². The van der Waals surface area contributed by atoms with Crippen molar-refractivity contribution in [3.8, 4) is 0 Å². The molecule has 1 fully saturated rings. The molecule has 1 heterocycles. The number of piperidine rings is 1. The average molecular weight is 304 g/mol. The Morgan fingerprint density at radius 2 is 1.73 bits per heavy atom. The standard InChI is InChI=1S/C19H31N.C2H6/c1-15(2)19-8-10-20(11-9-19)14-17(4)13-18-7-5-6-16(3)12-18;1-2/h5-7,12,15,17,19H,8-11,13-14H2,1-4H3;1-2H3. The molecule has 1 aliphatic rings. The molecule has 0 aliphatic carbocycles. The van der Waals surface area contributed by atoms with E-state index in [1.165, 1.54) is 50.0 Å². The summed E-state index contributed by atoms with van der Waals surface area (Å²) in [6, 6.07) is 8.98. The van der Waals surface area contributed by atoms with Crippen LogP contribution in [-0.2, 0) is 6.42 Å². The Morgan fingerprint density at radius 3 is 2.27 bits per heavy atom. The van der Waals surface area contributed by atoms with E-state index in [0.717, 1.165) is 17.8 Å². The van der Waals surface area contributed by atoms with Crippen LogP contribution in [0.4, 0.5) is 0 Å². The number of hydrogen-bond donors (Lipinski definition) is 0. The molecule has 1 aromatic carbocycles. The van der Waals surface area contributed by atoms with Gasteiger partial charge in [-0.05, 0) is 62.6 Å². The Bertz CT molecular complexity index is 402. The van der Waals surface area contributed by atoms with E-state index < -0.39 is 0 Å². The highest BCUT2D eigenvalue weighted by Gasteiger charge is 2.22. The number of benzene rings is 1. The van der Waals surface area contributed by atoms with Crippen molar-refractivity contribution in [1.29, 1.82) is 0 Å². The fraction of sp³-hybridized carbons (Fsp3) is 0.714. The molecule has 0 N–H and O–H groups in total. The molecule has 1 saturated heterocycles. The number of rotatable bonds is 5. The molecular formula is C21H37N. The third-order valence-corrected chi connectivity index (χ3v) is 4.81. The summed E-state index contributed by atoms with van der Waals surface area (Å²) >= 11 is 0. The van der Waals surface area contributed by atoms with Crippen LogP contribution in [0.5, 0.6) is 0 Å². The van der Waals surface area contributed by atoms with Crippen molar-refractivity contribution >= 4 is 0 Å². The van der Waals surface area contributed by atoms with Crippen LogP contribution in [0, 0.1) is 24.7 Å². The molecule has 1 unspecified atom stereocenters. The van der Waals surface area contributed by atoms with E-state index in [-0.39, 0.29) is 0 Å². The molecule has 22 heavy (non-hydrogen) atoms. The maximum Gasteiger partial charge on any atom is 0.00102 e. The van der Waals surface area contributed by atoms with E-state index in [9.17, 15) is 0 Å². The molecule has 1 heteroatoms. The Labute approximate surface area is 139 Å². The molecule has 0 amide bonds. The lowest BCUT2D eigenvalue weighted by atomic mass is 9.86. The van der Waals surface area contributed by atoms with Gasteiger partial charge in [0.1, 0.15) is 0 Å². The smallest absolute Gasteiger partial charge is 0.00102 e. The molecule has 0 radical (unpaired) electrons. The first kappa shape index (κ1) is 19.2. The minimum Gasteiger partial charge on any atom is -0.303 e. The summed E-state index contributed by atoms with van der Waals surface area (Å²) in [5.74, 6) is 2.58. The first-order valence-corrected chi connectivity index (χ1v) is 9.32. The van der Waals surface area contributed by atoms with Crippen LogP contribution < -0.4 is 0 Å². The highest BCUT2D eigenvalue weighted by atomic mass is 15.1. The summed E-state index contributed by atoms with van der Waals surface area (Å²) in [7, 11) is 0. The normalized spacial score (nSPS) is 18.0. The third kappa shape index (κ3) is 6.52. The number of nitrogens with zero attached hydrogens (tertiary/aromatic N) is 1. The maximum absolute atomic E-state index is 2.68. The second-order valence-electron chi connectivity index (χ2n) is 7.18. The van der Waals surface area contributed by atoms with Crippen LogP contribution in [0.25, 0.3) is 0 Å². The average Bonchev–Trinajstić information content (AvgIpc) is 2.49. The number of hydrogen-bond acceptors (Lipinski definition) is 1. The highest BCUT2D eigenvalue weighted by Crippen LogP contribution is 2.25. The fourth-order valence-electron chi connectivity index (χ4n) is 3.55. The minimum absolute atomic E-state index is 0.757. The van der Waals surface area contributed by atoms with Crippen molar-refractivity contribution in [3.05, 3.63) is 35.4 Å². The molecule has 126 valence electrons. The second-order valence-corrected chi connectivity index (χ2v) is 7.18. The maximum atomic E-state index is 2.68. The zero-order valence-electron chi connectivity index (χ0n) is 15.7. The lowest BCUT2D eigenvalue weighted by Crippen LogP contribution is -2.38. The number of likely N-dealkylation sites (tertiary alicyclic amines) is 1. The molecule has 0 bridgehead atoms. The van der Waals surface area contributed by atoms with Gasteiger partial charge in [-0.15, -0.1) is 0 Å². The molecule has 2 rings (SSSR count). The van der Waals surface area contributed by atoms with E-state index in [0.29, 0.717) is 0 Å². The molecular weight excluding hydrogens is 266 g/mol. The Kier molecular flexibility index (Phi) is 8.78. The lowest BCUT2D eigenvalue weighted by molar-refractivity contribution is 0.142. The van der Waals surface area contributed by atoms with Gasteiger partial charge in [0.05, 0.1) is 0 Å². The van der Waals surface area contributed by atoms with Crippen molar-refractivity contribution in [2.45, 2.75) is 60.8 Å². The minimum atomic E-state index is 0.757. The van der Waals surface area contributed by atoms with E-state index in [1.54, 1.807) is 0 Å². The number of aryl methyl sites for hydroxylation is 1. The van der Waals surface area contributed by atoms with Gasteiger partial charge in [-0.1, -0.05) is 64.4 Å². The molecule has 1 nitrogen and oxygen atoms in total. The lowest BCUT2D eigenvalue weighted by Gasteiger charge is -2.35. The van der Waals surface area contributed by atoms with E-state index >= 15 is 0 Å². The van der Waals surface area contributed by atoms with Crippen LogP contribution in [0.2, 0.25) is 0 Å². The van der Waals surface area contributed by atoms with Crippen LogP contribution in [0.3, 0.4) is 0 Å². The van der Waals surface area contributed by atoms with Gasteiger partial charge < -0.3 is 4.90 Å². The Hall–Kier alpha value is -0.820. The van der Waals surface area contributed by atoms with Crippen LogP contribution >= 0.6 is 0 Å². The summed E-state index contributed by atoms with van der Waals surface area (Å²) in [6.07, 6.45) is 4.01. The van der Waals surface area contributed by atoms with Crippen molar-refractivity contribution in [2.75, 3.05) is 19.6 Å². The first-order chi connectivity index (χ1) is 10.5.